The molecule has 1 fully saturated rings. The van der Waals surface area contributed by atoms with Gasteiger partial charge in [0, 0.05) is 0 Å². The van der Waals surface area contributed by atoms with Crippen LogP contribution in [0.2, 0.25) is 5.02 Å². The zero-order chi connectivity index (χ0) is 22.8. The van der Waals surface area contributed by atoms with Crippen molar-refractivity contribution in [3.63, 3.8) is 0 Å². The van der Waals surface area contributed by atoms with E-state index in [4.69, 9.17) is 26.2 Å². The molecule has 1 amide bonds. The maximum absolute atomic E-state index is 12.3. The number of hydrogen-bond donors (Lipinski definition) is 2. The summed E-state index contributed by atoms with van der Waals surface area (Å²) >= 11 is 6.98. The fourth-order valence-electron chi connectivity index (χ4n) is 2.80. The van der Waals surface area contributed by atoms with Gasteiger partial charge in [-0.25, -0.2) is 23.1 Å². The molecule has 0 radical (unpaired) electrons. The van der Waals surface area contributed by atoms with Gasteiger partial charge in [0.15, 0.2) is 6.61 Å². The first-order chi connectivity index (χ1) is 14.6. The molecular weight excluding hydrogens is 468 g/mol. The van der Waals surface area contributed by atoms with Crippen LogP contribution >= 0.6 is 22.9 Å². The van der Waals surface area contributed by atoms with E-state index in [1.165, 1.54) is 23.5 Å². The van der Waals surface area contributed by atoms with Crippen LogP contribution in [0.4, 0.5) is 5.00 Å². The normalized spacial score (nSPS) is 13.5. The van der Waals surface area contributed by atoms with E-state index in [1.54, 1.807) is 6.92 Å². The number of halogens is 1. The number of sulfonamides is 1. The smallest absolute Gasteiger partial charge is 0.341 e. The van der Waals surface area contributed by atoms with E-state index in [9.17, 15) is 22.8 Å². The summed E-state index contributed by atoms with van der Waals surface area (Å²) in [5, 5.41) is 9.62. The average molecular weight is 487 g/mol. The maximum Gasteiger partial charge on any atom is 0.341 e. The zero-order valence-electron chi connectivity index (χ0n) is 16.3. The van der Waals surface area contributed by atoms with Gasteiger partial charge in [-0.3, -0.25) is 4.79 Å². The van der Waals surface area contributed by atoms with Crippen molar-refractivity contribution < 1.29 is 32.3 Å². The Balaban J connectivity index is 1.67. The van der Waals surface area contributed by atoms with Gasteiger partial charge in [0.1, 0.15) is 9.90 Å². The molecule has 0 saturated heterocycles. The van der Waals surface area contributed by atoms with Crippen molar-refractivity contribution in [1.82, 2.24) is 0 Å². The number of nitrogens with one attached hydrogen (secondary N) is 1. The first-order valence-electron chi connectivity index (χ1n) is 9.19. The van der Waals surface area contributed by atoms with Gasteiger partial charge >= 0.3 is 11.9 Å². The number of carbonyl (C=O) groups is 3. The molecule has 0 aliphatic heterocycles. The molecule has 166 valence electrons. The third-order valence-electron chi connectivity index (χ3n) is 4.38. The topological polar surface area (TPSA) is 142 Å². The minimum Gasteiger partial charge on any atom is -0.462 e. The Morgan fingerprint density at radius 3 is 2.55 bits per heavy atom. The van der Waals surface area contributed by atoms with E-state index in [0.717, 1.165) is 24.5 Å². The summed E-state index contributed by atoms with van der Waals surface area (Å²) in [4.78, 5) is 36.4. The van der Waals surface area contributed by atoms with Crippen LogP contribution in [0, 0.1) is 0 Å². The van der Waals surface area contributed by atoms with Crippen molar-refractivity contribution in [2.24, 2.45) is 5.14 Å². The Labute approximate surface area is 187 Å². The highest BCUT2D eigenvalue weighted by Gasteiger charge is 2.32. The average Bonchev–Trinajstić information content (AvgIpc) is 3.46. The molecule has 1 heterocycles. The van der Waals surface area contributed by atoms with Gasteiger partial charge in [-0.05, 0) is 54.8 Å². The lowest BCUT2D eigenvalue weighted by molar-refractivity contribution is -0.119. The molecule has 31 heavy (non-hydrogen) atoms. The standard InChI is InChI=1S/C19H19ClN2O7S2/c1-2-28-19(25)16-12(10-3-4-10)9-30-17(16)22-15(23)8-29-18(24)11-5-6-13(20)14(7-11)31(21,26)27/h5-7,9-10H,2-4,8H2,1H3,(H,22,23)(H2,21,26,27). The number of thiophene rings is 1. The first-order valence-corrected chi connectivity index (χ1v) is 12.0. The third kappa shape index (κ3) is 5.62. The molecule has 1 aliphatic carbocycles. The van der Waals surface area contributed by atoms with Crippen molar-refractivity contribution in [2.45, 2.75) is 30.6 Å². The van der Waals surface area contributed by atoms with Gasteiger partial charge in [-0.2, -0.15) is 0 Å². The predicted octanol–water partition coefficient (Wildman–Crippen LogP) is 2.90. The molecule has 0 bridgehead atoms. The Morgan fingerprint density at radius 2 is 1.94 bits per heavy atom. The fraction of sp³-hybridized carbons (Fsp3) is 0.316. The van der Waals surface area contributed by atoms with Crippen molar-refractivity contribution >= 4 is 55.8 Å². The van der Waals surface area contributed by atoms with Gasteiger partial charge in [0.2, 0.25) is 10.0 Å². The molecule has 1 saturated carbocycles. The van der Waals surface area contributed by atoms with Gasteiger partial charge in [-0.15, -0.1) is 11.3 Å². The Morgan fingerprint density at radius 1 is 1.23 bits per heavy atom. The number of benzene rings is 1. The summed E-state index contributed by atoms with van der Waals surface area (Å²) < 4.78 is 33.1. The molecule has 1 aromatic carbocycles. The molecule has 1 aliphatic rings. The molecule has 0 atom stereocenters. The van der Waals surface area contributed by atoms with E-state index in [2.05, 4.69) is 5.32 Å². The van der Waals surface area contributed by atoms with Crippen LogP contribution < -0.4 is 10.5 Å². The van der Waals surface area contributed by atoms with E-state index >= 15 is 0 Å². The molecule has 3 rings (SSSR count). The third-order valence-corrected chi connectivity index (χ3v) is 6.68. The molecule has 12 heteroatoms. The number of hydrogen-bond acceptors (Lipinski definition) is 8. The van der Waals surface area contributed by atoms with Crippen LogP contribution in [0.3, 0.4) is 0 Å². The summed E-state index contributed by atoms with van der Waals surface area (Å²) in [5.41, 5.74) is 1.03. The van der Waals surface area contributed by atoms with E-state index in [1.807, 2.05) is 5.38 Å². The number of anilines is 1. The molecule has 2 aromatic rings. The number of ether oxygens (including phenoxy) is 2. The van der Waals surface area contributed by atoms with Crippen molar-refractivity contribution in [3.8, 4) is 0 Å². The zero-order valence-corrected chi connectivity index (χ0v) is 18.7. The lowest BCUT2D eigenvalue weighted by atomic mass is 10.1. The quantitative estimate of drug-likeness (QED) is 0.546. The maximum atomic E-state index is 12.3. The number of rotatable bonds is 8. The summed E-state index contributed by atoms with van der Waals surface area (Å²) in [6, 6.07) is 3.41. The van der Waals surface area contributed by atoms with Crippen molar-refractivity contribution in [1.29, 1.82) is 0 Å². The molecule has 0 unspecified atom stereocenters. The highest BCUT2D eigenvalue weighted by molar-refractivity contribution is 7.89. The van der Waals surface area contributed by atoms with Crippen molar-refractivity contribution in [3.05, 3.63) is 45.3 Å². The Kier molecular flexibility index (Phi) is 6.99. The minimum atomic E-state index is -4.14. The molecule has 3 N–H and O–H groups in total. The summed E-state index contributed by atoms with van der Waals surface area (Å²) in [6.07, 6.45) is 1.94. The molecular formula is C19H19ClN2O7S2. The monoisotopic (exact) mass is 486 g/mol. The molecule has 1 aromatic heterocycles. The second-order valence-electron chi connectivity index (χ2n) is 6.70. The van der Waals surface area contributed by atoms with Crippen molar-refractivity contribution in [2.75, 3.05) is 18.5 Å². The van der Waals surface area contributed by atoms with E-state index in [-0.39, 0.29) is 23.1 Å². The van der Waals surface area contributed by atoms with E-state index < -0.39 is 39.4 Å². The number of carbonyl (C=O) groups excluding carboxylic acids is 3. The number of nitrogens with two attached hydrogens (primary N) is 1. The van der Waals surface area contributed by atoms with Gasteiger partial charge in [0.05, 0.1) is 22.8 Å². The van der Waals surface area contributed by atoms with Gasteiger partial charge in [0.25, 0.3) is 5.91 Å². The fourth-order valence-corrected chi connectivity index (χ4v) is 4.92. The summed E-state index contributed by atoms with van der Waals surface area (Å²) in [7, 11) is -4.14. The van der Waals surface area contributed by atoms with Crippen LogP contribution in [0.5, 0.6) is 0 Å². The van der Waals surface area contributed by atoms with Crippen LogP contribution in [-0.2, 0) is 24.3 Å². The van der Waals surface area contributed by atoms with E-state index in [0.29, 0.717) is 10.6 Å². The second kappa shape index (κ2) is 9.35. The van der Waals surface area contributed by atoms with Gasteiger partial charge < -0.3 is 14.8 Å². The minimum absolute atomic E-state index is 0.138. The number of amides is 1. The lowest BCUT2D eigenvalue weighted by Gasteiger charge is -2.09. The molecule has 9 nitrogen and oxygen atoms in total. The van der Waals surface area contributed by atoms with Crippen LogP contribution in [0.1, 0.15) is 52.0 Å². The highest BCUT2D eigenvalue weighted by atomic mass is 35.5. The number of primary sulfonamides is 1. The summed E-state index contributed by atoms with van der Waals surface area (Å²) in [6.45, 7) is 1.24. The number of esters is 2. The van der Waals surface area contributed by atoms with Crippen LogP contribution in [-0.4, -0.2) is 39.5 Å². The van der Waals surface area contributed by atoms with Crippen LogP contribution in [0.25, 0.3) is 0 Å². The van der Waals surface area contributed by atoms with Crippen LogP contribution in [0.15, 0.2) is 28.5 Å². The molecule has 0 spiro atoms. The van der Waals surface area contributed by atoms with Gasteiger partial charge in [-0.1, -0.05) is 11.6 Å². The highest BCUT2D eigenvalue weighted by Crippen LogP contribution is 2.46. The summed E-state index contributed by atoms with van der Waals surface area (Å²) in [5.74, 6) is -1.84. The lowest BCUT2D eigenvalue weighted by Crippen LogP contribution is -2.22. The Bertz CT molecular complexity index is 1140. The first kappa shape index (κ1) is 23.2. The second-order valence-corrected chi connectivity index (χ2v) is 9.52. The SMILES string of the molecule is CCOC(=O)c1c(C2CC2)csc1NC(=O)COC(=O)c1ccc(Cl)c(S(N)(=O)=O)c1. The predicted molar refractivity (Wildman–Crippen MR) is 114 cm³/mol. The largest absolute Gasteiger partial charge is 0.462 e. The Hall–Kier alpha value is -2.47.